The molecule has 0 aliphatic carbocycles. The second-order valence-corrected chi connectivity index (χ2v) is 6.56. The summed E-state index contributed by atoms with van der Waals surface area (Å²) in [6, 6.07) is 4.49. The van der Waals surface area contributed by atoms with Crippen molar-refractivity contribution in [2.24, 2.45) is 5.73 Å². The summed E-state index contributed by atoms with van der Waals surface area (Å²) in [6.07, 6.45) is 0.0726. The van der Waals surface area contributed by atoms with Crippen LogP contribution in [0, 0.1) is 13.8 Å². The maximum absolute atomic E-state index is 12.4. The molecule has 8 heteroatoms. The van der Waals surface area contributed by atoms with E-state index in [-0.39, 0.29) is 36.4 Å². The van der Waals surface area contributed by atoms with Crippen LogP contribution < -0.4 is 10.6 Å². The molecule has 0 bridgehead atoms. The first-order valence-electron chi connectivity index (χ1n) is 6.85. The summed E-state index contributed by atoms with van der Waals surface area (Å²) in [5.74, 6) is -1.59. The highest BCUT2D eigenvalue weighted by Gasteiger charge is 2.40. The fraction of sp³-hybridized carbons (Fsp3) is 0.400. The van der Waals surface area contributed by atoms with E-state index in [4.69, 9.17) is 10.8 Å². The van der Waals surface area contributed by atoms with Crippen molar-refractivity contribution in [3.8, 4) is 0 Å². The van der Waals surface area contributed by atoms with Crippen LogP contribution in [0.2, 0.25) is 0 Å². The average molecular weight is 359 g/mol. The minimum Gasteiger partial charge on any atom is -0.480 e. The Labute approximate surface area is 144 Å². The van der Waals surface area contributed by atoms with E-state index in [0.29, 0.717) is 5.69 Å². The number of benzene rings is 1. The number of carboxylic acids is 1. The second-order valence-electron chi connectivity index (χ2n) is 5.33. The smallest absolute Gasteiger partial charge is 0.321 e. The Morgan fingerprint density at radius 3 is 2.65 bits per heavy atom. The molecule has 2 rings (SSSR count). The maximum Gasteiger partial charge on any atom is 0.321 e. The Morgan fingerprint density at radius 2 is 2.09 bits per heavy atom. The summed E-state index contributed by atoms with van der Waals surface area (Å²) in [7, 11) is 0. The van der Waals surface area contributed by atoms with Crippen molar-refractivity contribution in [1.82, 2.24) is 0 Å². The van der Waals surface area contributed by atoms with Crippen LogP contribution in [0.3, 0.4) is 0 Å². The van der Waals surface area contributed by atoms with Gasteiger partial charge in [0.15, 0.2) is 0 Å². The van der Waals surface area contributed by atoms with Gasteiger partial charge in [-0.2, -0.15) is 0 Å². The topological polar surface area (TPSA) is 101 Å². The Balaban J connectivity index is 0.00000264. The molecule has 126 valence electrons. The van der Waals surface area contributed by atoms with E-state index in [9.17, 15) is 14.4 Å². The molecule has 0 radical (unpaired) electrons. The van der Waals surface area contributed by atoms with E-state index >= 15 is 0 Å². The number of anilines is 1. The minimum absolute atomic E-state index is 0. The van der Waals surface area contributed by atoms with Crippen molar-refractivity contribution in [3.05, 3.63) is 29.3 Å². The average Bonchev–Trinajstić information content (AvgIpc) is 2.71. The number of hydrogen-bond donors (Lipinski definition) is 2. The molecule has 0 aromatic heterocycles. The largest absolute Gasteiger partial charge is 0.480 e. The van der Waals surface area contributed by atoms with Gasteiger partial charge in [-0.05, 0) is 25.5 Å². The molecule has 2 unspecified atom stereocenters. The number of amides is 2. The molecule has 0 saturated carbocycles. The zero-order valence-electron chi connectivity index (χ0n) is 12.8. The van der Waals surface area contributed by atoms with Gasteiger partial charge < -0.3 is 10.8 Å². The maximum atomic E-state index is 12.4. The Hall–Kier alpha value is -1.57. The van der Waals surface area contributed by atoms with Crippen molar-refractivity contribution in [2.45, 2.75) is 31.6 Å². The van der Waals surface area contributed by atoms with Gasteiger partial charge in [0, 0.05) is 12.2 Å². The molecule has 1 aliphatic heterocycles. The molecule has 6 nitrogen and oxygen atoms in total. The zero-order valence-corrected chi connectivity index (χ0v) is 14.4. The van der Waals surface area contributed by atoms with E-state index in [1.54, 1.807) is 6.07 Å². The number of aliphatic carboxylic acids is 1. The van der Waals surface area contributed by atoms with E-state index in [1.807, 2.05) is 26.0 Å². The van der Waals surface area contributed by atoms with Crippen LogP contribution in [0.25, 0.3) is 0 Å². The van der Waals surface area contributed by atoms with Gasteiger partial charge in [-0.1, -0.05) is 17.7 Å². The van der Waals surface area contributed by atoms with Crippen LogP contribution in [-0.4, -0.2) is 39.9 Å². The first-order chi connectivity index (χ1) is 10.3. The summed E-state index contributed by atoms with van der Waals surface area (Å²) < 4.78 is 0. The summed E-state index contributed by atoms with van der Waals surface area (Å²) in [6.45, 7) is 3.79. The molecule has 23 heavy (non-hydrogen) atoms. The predicted molar refractivity (Wildman–Crippen MR) is 92.1 cm³/mol. The molecule has 3 N–H and O–H groups in total. The molecule has 2 amide bonds. The van der Waals surface area contributed by atoms with Gasteiger partial charge in [-0.15, -0.1) is 24.2 Å². The lowest BCUT2D eigenvalue weighted by atomic mass is 10.1. The van der Waals surface area contributed by atoms with Crippen LogP contribution in [0.1, 0.15) is 17.5 Å². The van der Waals surface area contributed by atoms with Crippen LogP contribution in [0.15, 0.2) is 18.2 Å². The van der Waals surface area contributed by atoms with Gasteiger partial charge in [-0.3, -0.25) is 14.4 Å². The Kier molecular flexibility index (Phi) is 6.61. The lowest BCUT2D eigenvalue weighted by molar-refractivity contribution is -0.138. The van der Waals surface area contributed by atoms with E-state index in [0.717, 1.165) is 22.9 Å². The fourth-order valence-corrected chi connectivity index (χ4v) is 3.43. The number of thioether (sulfide) groups is 1. The molecule has 1 aromatic carbocycles. The molecule has 1 fully saturated rings. The summed E-state index contributed by atoms with van der Waals surface area (Å²) in [5, 5.41) is 8.19. The van der Waals surface area contributed by atoms with E-state index in [2.05, 4.69) is 0 Å². The van der Waals surface area contributed by atoms with Crippen molar-refractivity contribution in [2.75, 3.05) is 10.7 Å². The highest BCUT2D eigenvalue weighted by atomic mass is 35.5. The number of hydrogen-bond acceptors (Lipinski definition) is 5. The van der Waals surface area contributed by atoms with Crippen LogP contribution >= 0.6 is 24.2 Å². The van der Waals surface area contributed by atoms with Gasteiger partial charge >= 0.3 is 5.97 Å². The number of aryl methyl sites for hydroxylation is 2. The van der Waals surface area contributed by atoms with Crippen molar-refractivity contribution in [3.63, 3.8) is 0 Å². The highest BCUT2D eigenvalue weighted by Crippen LogP contribution is 2.32. The molecule has 0 spiro atoms. The first-order valence-corrected chi connectivity index (χ1v) is 7.90. The van der Waals surface area contributed by atoms with Gasteiger partial charge in [-0.25, -0.2) is 4.90 Å². The monoisotopic (exact) mass is 358 g/mol. The van der Waals surface area contributed by atoms with Crippen LogP contribution in [0.4, 0.5) is 5.69 Å². The molecular formula is C15H19ClN2O4S. The highest BCUT2D eigenvalue weighted by molar-refractivity contribution is 8.00. The third-order valence-electron chi connectivity index (χ3n) is 3.49. The Morgan fingerprint density at radius 1 is 1.43 bits per heavy atom. The normalized spacial score (nSPS) is 18.7. The quantitative estimate of drug-likeness (QED) is 0.773. The number of rotatable bonds is 5. The van der Waals surface area contributed by atoms with Crippen molar-refractivity contribution >= 4 is 47.6 Å². The first kappa shape index (κ1) is 19.5. The zero-order chi connectivity index (χ0) is 16.4. The predicted octanol–water partition coefficient (Wildman–Crippen LogP) is 1.50. The molecular weight excluding hydrogens is 340 g/mol. The lowest BCUT2D eigenvalue weighted by Gasteiger charge is -2.18. The number of nitrogens with zero attached hydrogens (tertiary/aromatic N) is 1. The van der Waals surface area contributed by atoms with E-state index in [1.165, 1.54) is 4.90 Å². The van der Waals surface area contributed by atoms with Gasteiger partial charge in [0.05, 0.1) is 10.9 Å². The number of carboxylic acid groups (broad SMARTS) is 1. The van der Waals surface area contributed by atoms with Crippen LogP contribution in [-0.2, 0) is 14.4 Å². The van der Waals surface area contributed by atoms with Crippen molar-refractivity contribution < 1.29 is 19.5 Å². The molecule has 1 aromatic rings. The molecule has 2 atom stereocenters. The molecule has 1 heterocycles. The molecule has 1 saturated heterocycles. The second kappa shape index (κ2) is 7.81. The Bertz CT molecular complexity index is 638. The van der Waals surface area contributed by atoms with E-state index < -0.39 is 17.3 Å². The summed E-state index contributed by atoms with van der Waals surface area (Å²) in [4.78, 5) is 36.5. The SMILES string of the molecule is Cc1ccc(N2C(=O)CC(SCC(N)C(=O)O)C2=O)c(C)c1.Cl. The number of halogens is 1. The number of carbonyl (C=O) groups excluding carboxylic acids is 2. The summed E-state index contributed by atoms with van der Waals surface area (Å²) in [5.41, 5.74) is 7.93. The number of imide groups is 1. The van der Waals surface area contributed by atoms with Gasteiger partial charge in [0.25, 0.3) is 0 Å². The lowest BCUT2D eigenvalue weighted by Crippen LogP contribution is -2.35. The standard InChI is InChI=1S/C15H18N2O4S.ClH/c1-8-3-4-11(9(2)5-8)17-13(18)6-12(14(17)19)22-7-10(16)15(20)21;/h3-5,10,12H,6-7,16H2,1-2H3,(H,20,21);1H. The molecule has 1 aliphatic rings. The third kappa shape index (κ3) is 4.25. The summed E-state index contributed by atoms with van der Waals surface area (Å²) >= 11 is 1.12. The third-order valence-corrected chi connectivity index (χ3v) is 4.81. The van der Waals surface area contributed by atoms with Crippen LogP contribution in [0.5, 0.6) is 0 Å². The van der Waals surface area contributed by atoms with Gasteiger partial charge in [0.2, 0.25) is 11.8 Å². The fourth-order valence-electron chi connectivity index (χ4n) is 2.33. The number of nitrogens with two attached hydrogens (primary N) is 1. The van der Waals surface area contributed by atoms with Gasteiger partial charge in [0.1, 0.15) is 6.04 Å². The number of carbonyl (C=O) groups is 3. The minimum atomic E-state index is -1.12. The van der Waals surface area contributed by atoms with Crippen molar-refractivity contribution in [1.29, 1.82) is 0 Å².